The van der Waals surface area contributed by atoms with Gasteiger partial charge in [-0.1, -0.05) is 12.1 Å². The van der Waals surface area contributed by atoms with E-state index < -0.39 is 17.6 Å². The smallest absolute Gasteiger partial charge is 0.278 e. The van der Waals surface area contributed by atoms with Crippen LogP contribution in [-0.4, -0.2) is 41.9 Å². The predicted octanol–water partition coefficient (Wildman–Crippen LogP) is 3.79. The van der Waals surface area contributed by atoms with Crippen molar-refractivity contribution in [2.45, 2.75) is 33.3 Å². The Kier molecular flexibility index (Phi) is 7.37. The maximum Gasteiger partial charge on any atom is 0.278 e. The van der Waals surface area contributed by atoms with E-state index >= 15 is 0 Å². The number of halogens is 1. The van der Waals surface area contributed by atoms with Crippen LogP contribution < -0.4 is 10.6 Å². The lowest BCUT2D eigenvalue weighted by molar-refractivity contribution is -0.137. The third-order valence-corrected chi connectivity index (χ3v) is 4.75. The molecule has 2 aromatic rings. The lowest BCUT2D eigenvalue weighted by Crippen LogP contribution is -2.34. The fourth-order valence-corrected chi connectivity index (χ4v) is 3.31. The van der Waals surface area contributed by atoms with Crippen molar-refractivity contribution in [1.82, 2.24) is 4.90 Å². The molecule has 1 aliphatic rings. The summed E-state index contributed by atoms with van der Waals surface area (Å²) in [5.74, 6) is -1.49. The van der Waals surface area contributed by atoms with Crippen LogP contribution >= 0.6 is 0 Å². The van der Waals surface area contributed by atoms with Crippen LogP contribution in [0.25, 0.3) is 5.57 Å². The van der Waals surface area contributed by atoms with Crippen LogP contribution in [0, 0.1) is 5.82 Å². The SMILES string of the molecule is CC(=O)Nc1ccc(C2=C(Nc3ccc(F)cc3)C(=O)N(CCCOC(C)C)C2=O)cc1. The Bertz CT molecular complexity index is 1030. The number of rotatable bonds is 9. The van der Waals surface area contributed by atoms with Gasteiger partial charge in [0.15, 0.2) is 0 Å². The summed E-state index contributed by atoms with van der Waals surface area (Å²) >= 11 is 0. The highest BCUT2D eigenvalue weighted by Crippen LogP contribution is 2.31. The van der Waals surface area contributed by atoms with Gasteiger partial charge in [-0.05, 0) is 62.2 Å². The Labute approximate surface area is 186 Å². The number of benzene rings is 2. The molecule has 0 aromatic heterocycles. The quantitative estimate of drug-likeness (QED) is 0.459. The minimum absolute atomic E-state index is 0.0616. The standard InChI is InChI=1S/C24H26FN3O4/c1-15(2)32-14-4-13-28-23(30)21(17-5-9-19(10-6-17)26-16(3)29)22(24(28)31)27-20-11-7-18(25)8-12-20/h5-12,15,27H,4,13-14H2,1-3H3,(H,26,29). The van der Waals surface area contributed by atoms with Gasteiger partial charge in [0.05, 0.1) is 11.7 Å². The Morgan fingerprint density at radius 2 is 1.62 bits per heavy atom. The minimum Gasteiger partial charge on any atom is -0.379 e. The number of ether oxygens (including phenoxy) is 1. The van der Waals surface area contributed by atoms with Gasteiger partial charge in [-0.3, -0.25) is 19.3 Å². The van der Waals surface area contributed by atoms with Gasteiger partial charge in [0.2, 0.25) is 5.91 Å². The van der Waals surface area contributed by atoms with Crippen molar-refractivity contribution in [3.8, 4) is 0 Å². The molecule has 0 spiro atoms. The van der Waals surface area contributed by atoms with E-state index in [0.29, 0.717) is 30.0 Å². The van der Waals surface area contributed by atoms with Crippen molar-refractivity contribution >= 4 is 34.7 Å². The van der Waals surface area contributed by atoms with E-state index in [4.69, 9.17) is 4.74 Å². The molecule has 0 radical (unpaired) electrons. The van der Waals surface area contributed by atoms with E-state index in [0.717, 1.165) is 0 Å². The van der Waals surface area contributed by atoms with Crippen molar-refractivity contribution < 1.29 is 23.5 Å². The van der Waals surface area contributed by atoms with Gasteiger partial charge < -0.3 is 15.4 Å². The second-order valence-electron chi connectivity index (χ2n) is 7.68. The Hall–Kier alpha value is -3.52. The summed E-state index contributed by atoms with van der Waals surface area (Å²) in [5.41, 5.74) is 1.94. The number of imide groups is 1. The first-order valence-electron chi connectivity index (χ1n) is 10.4. The van der Waals surface area contributed by atoms with E-state index in [1.54, 1.807) is 24.3 Å². The third-order valence-electron chi connectivity index (χ3n) is 4.75. The molecule has 3 rings (SSSR count). The summed E-state index contributed by atoms with van der Waals surface area (Å²) in [4.78, 5) is 38.8. The highest BCUT2D eigenvalue weighted by atomic mass is 19.1. The van der Waals surface area contributed by atoms with Crippen LogP contribution in [0.1, 0.15) is 32.8 Å². The highest BCUT2D eigenvalue weighted by Gasteiger charge is 2.38. The minimum atomic E-state index is -0.454. The molecule has 8 heteroatoms. The van der Waals surface area contributed by atoms with Crippen molar-refractivity contribution in [3.05, 3.63) is 65.6 Å². The number of carbonyl (C=O) groups excluding carboxylic acids is 3. The van der Waals surface area contributed by atoms with Crippen LogP contribution in [0.5, 0.6) is 0 Å². The average molecular weight is 439 g/mol. The maximum atomic E-state index is 13.3. The van der Waals surface area contributed by atoms with E-state index in [1.807, 2.05) is 13.8 Å². The first kappa shape index (κ1) is 23.1. The van der Waals surface area contributed by atoms with Gasteiger partial charge in [-0.2, -0.15) is 0 Å². The van der Waals surface area contributed by atoms with Crippen LogP contribution in [0.4, 0.5) is 15.8 Å². The van der Waals surface area contributed by atoms with Crippen LogP contribution in [0.2, 0.25) is 0 Å². The molecule has 0 saturated carbocycles. The van der Waals surface area contributed by atoms with Crippen LogP contribution in [0.3, 0.4) is 0 Å². The lowest BCUT2D eigenvalue weighted by Gasteiger charge is -2.16. The fourth-order valence-electron chi connectivity index (χ4n) is 3.31. The molecule has 0 atom stereocenters. The lowest BCUT2D eigenvalue weighted by atomic mass is 10.0. The molecular weight excluding hydrogens is 413 g/mol. The first-order chi connectivity index (χ1) is 15.3. The van der Waals surface area contributed by atoms with E-state index in [1.165, 1.54) is 36.1 Å². The summed E-state index contributed by atoms with van der Waals surface area (Å²) in [7, 11) is 0. The Morgan fingerprint density at radius 3 is 2.22 bits per heavy atom. The molecule has 1 aliphatic heterocycles. The number of hydrogen-bond donors (Lipinski definition) is 2. The summed E-state index contributed by atoms with van der Waals surface area (Å²) in [6, 6.07) is 12.2. The molecule has 0 aliphatic carbocycles. The molecule has 1 heterocycles. The summed E-state index contributed by atoms with van der Waals surface area (Å²) < 4.78 is 18.8. The van der Waals surface area contributed by atoms with Crippen molar-refractivity contribution in [1.29, 1.82) is 0 Å². The van der Waals surface area contributed by atoms with E-state index in [9.17, 15) is 18.8 Å². The Morgan fingerprint density at radius 1 is 1.00 bits per heavy atom. The number of anilines is 2. The molecule has 0 saturated heterocycles. The highest BCUT2D eigenvalue weighted by molar-refractivity contribution is 6.36. The zero-order chi connectivity index (χ0) is 23.3. The van der Waals surface area contributed by atoms with Gasteiger partial charge >= 0.3 is 0 Å². The number of amides is 3. The molecular formula is C24H26FN3O4. The van der Waals surface area contributed by atoms with Crippen LogP contribution in [0.15, 0.2) is 54.2 Å². The van der Waals surface area contributed by atoms with Gasteiger partial charge in [-0.25, -0.2) is 4.39 Å². The normalized spacial score (nSPS) is 13.8. The van der Waals surface area contributed by atoms with Crippen molar-refractivity contribution in [2.24, 2.45) is 0 Å². The zero-order valence-electron chi connectivity index (χ0n) is 18.3. The van der Waals surface area contributed by atoms with Crippen molar-refractivity contribution in [3.63, 3.8) is 0 Å². The molecule has 168 valence electrons. The number of hydrogen-bond acceptors (Lipinski definition) is 5. The summed E-state index contributed by atoms with van der Waals surface area (Å²) in [5, 5.41) is 5.65. The summed E-state index contributed by atoms with van der Waals surface area (Å²) in [6.07, 6.45) is 0.570. The monoisotopic (exact) mass is 439 g/mol. The fraction of sp³-hybridized carbons (Fsp3) is 0.292. The average Bonchev–Trinajstić information content (AvgIpc) is 2.97. The van der Waals surface area contributed by atoms with E-state index in [2.05, 4.69) is 10.6 Å². The molecule has 3 amide bonds. The van der Waals surface area contributed by atoms with E-state index in [-0.39, 0.29) is 29.8 Å². The molecule has 2 N–H and O–H groups in total. The largest absolute Gasteiger partial charge is 0.379 e. The molecule has 7 nitrogen and oxygen atoms in total. The molecule has 32 heavy (non-hydrogen) atoms. The zero-order valence-corrected chi connectivity index (χ0v) is 18.3. The molecule has 0 unspecified atom stereocenters. The number of nitrogens with zero attached hydrogens (tertiary/aromatic N) is 1. The van der Waals surface area contributed by atoms with Crippen LogP contribution in [-0.2, 0) is 19.1 Å². The molecule has 0 fully saturated rings. The topological polar surface area (TPSA) is 87.7 Å². The first-order valence-corrected chi connectivity index (χ1v) is 10.4. The molecule has 0 bridgehead atoms. The second-order valence-corrected chi connectivity index (χ2v) is 7.68. The summed E-state index contributed by atoms with van der Waals surface area (Å²) in [6.45, 7) is 5.88. The number of carbonyl (C=O) groups is 3. The van der Waals surface area contributed by atoms with Gasteiger partial charge in [0.1, 0.15) is 11.5 Å². The number of nitrogens with one attached hydrogen (secondary N) is 2. The van der Waals surface area contributed by atoms with Gasteiger partial charge in [0.25, 0.3) is 11.8 Å². The second kappa shape index (κ2) is 10.2. The Balaban J connectivity index is 1.89. The maximum absolute atomic E-state index is 13.3. The molecule has 2 aromatic carbocycles. The predicted molar refractivity (Wildman–Crippen MR) is 120 cm³/mol. The van der Waals surface area contributed by atoms with Crippen molar-refractivity contribution in [2.75, 3.05) is 23.8 Å². The third kappa shape index (κ3) is 5.59. The van der Waals surface area contributed by atoms with Gasteiger partial charge in [0, 0.05) is 31.5 Å². The van der Waals surface area contributed by atoms with Gasteiger partial charge in [-0.15, -0.1) is 0 Å².